The predicted octanol–water partition coefficient (Wildman–Crippen LogP) is 1.68. The SMILES string of the molecule is CO[C@H]1C[C@@H](O)C12CCN(c1ncccc1C(=O)N1CCCC1)CC2. The molecule has 1 aliphatic carbocycles. The van der Waals surface area contributed by atoms with Crippen molar-refractivity contribution in [3.05, 3.63) is 23.9 Å². The van der Waals surface area contributed by atoms with Crippen LogP contribution < -0.4 is 4.90 Å². The maximum Gasteiger partial charge on any atom is 0.257 e. The van der Waals surface area contributed by atoms with Crippen molar-refractivity contribution >= 4 is 11.7 Å². The molecule has 6 heteroatoms. The molecule has 1 N–H and O–H groups in total. The van der Waals surface area contributed by atoms with Gasteiger partial charge in [-0.3, -0.25) is 4.79 Å². The van der Waals surface area contributed by atoms with Gasteiger partial charge in [-0.15, -0.1) is 0 Å². The van der Waals surface area contributed by atoms with Crippen LogP contribution >= 0.6 is 0 Å². The van der Waals surface area contributed by atoms with Crippen LogP contribution in [-0.2, 0) is 4.74 Å². The van der Waals surface area contributed by atoms with Crippen LogP contribution in [0.4, 0.5) is 5.82 Å². The summed E-state index contributed by atoms with van der Waals surface area (Å²) in [6.07, 6.45) is 6.30. The molecule has 1 amide bonds. The zero-order valence-corrected chi connectivity index (χ0v) is 14.9. The summed E-state index contributed by atoms with van der Waals surface area (Å²) in [6.45, 7) is 3.29. The summed E-state index contributed by atoms with van der Waals surface area (Å²) < 4.78 is 5.57. The molecule has 3 fully saturated rings. The van der Waals surface area contributed by atoms with Crippen LogP contribution in [0, 0.1) is 5.41 Å². The van der Waals surface area contributed by atoms with Crippen LogP contribution in [0.15, 0.2) is 18.3 Å². The van der Waals surface area contributed by atoms with Gasteiger partial charge in [-0.25, -0.2) is 4.98 Å². The van der Waals surface area contributed by atoms with Gasteiger partial charge in [0.2, 0.25) is 0 Å². The number of rotatable bonds is 3. The smallest absolute Gasteiger partial charge is 0.257 e. The summed E-state index contributed by atoms with van der Waals surface area (Å²) in [5.74, 6) is 0.886. The van der Waals surface area contributed by atoms with Crippen LogP contribution in [0.3, 0.4) is 0 Å². The average Bonchev–Trinajstić information content (AvgIpc) is 3.20. The maximum absolute atomic E-state index is 12.9. The number of piperidine rings is 1. The molecule has 3 heterocycles. The molecule has 3 aliphatic rings. The molecule has 1 spiro atoms. The molecule has 25 heavy (non-hydrogen) atoms. The first-order valence-corrected chi connectivity index (χ1v) is 9.36. The maximum atomic E-state index is 12.9. The van der Waals surface area contributed by atoms with E-state index in [1.807, 2.05) is 17.0 Å². The molecule has 0 bridgehead atoms. The summed E-state index contributed by atoms with van der Waals surface area (Å²) in [5, 5.41) is 10.3. The fourth-order valence-electron chi connectivity index (χ4n) is 4.75. The van der Waals surface area contributed by atoms with E-state index in [4.69, 9.17) is 4.74 Å². The highest BCUT2D eigenvalue weighted by atomic mass is 16.5. The van der Waals surface area contributed by atoms with E-state index in [-0.39, 0.29) is 23.5 Å². The summed E-state index contributed by atoms with van der Waals surface area (Å²) in [7, 11) is 1.73. The lowest BCUT2D eigenvalue weighted by Gasteiger charge is -2.56. The Morgan fingerprint density at radius 1 is 1.28 bits per heavy atom. The van der Waals surface area contributed by atoms with E-state index in [1.54, 1.807) is 13.3 Å². The first-order chi connectivity index (χ1) is 12.2. The molecule has 4 rings (SSSR count). The minimum atomic E-state index is -0.269. The summed E-state index contributed by atoms with van der Waals surface area (Å²) in [4.78, 5) is 21.5. The molecule has 136 valence electrons. The Morgan fingerprint density at radius 2 is 2.00 bits per heavy atom. The molecular formula is C19H27N3O3. The Morgan fingerprint density at radius 3 is 2.64 bits per heavy atom. The van der Waals surface area contributed by atoms with E-state index in [2.05, 4.69) is 9.88 Å². The van der Waals surface area contributed by atoms with E-state index < -0.39 is 0 Å². The third-order valence-electron chi connectivity index (χ3n) is 6.43. The number of methoxy groups -OCH3 is 1. The second-order valence-electron chi connectivity index (χ2n) is 7.57. The zero-order chi connectivity index (χ0) is 17.4. The Labute approximate surface area is 148 Å². The van der Waals surface area contributed by atoms with Crippen LogP contribution in [0.2, 0.25) is 0 Å². The van der Waals surface area contributed by atoms with Gasteiger partial charge < -0.3 is 19.6 Å². The van der Waals surface area contributed by atoms with Crippen LogP contribution in [0.5, 0.6) is 0 Å². The molecule has 0 radical (unpaired) electrons. The third-order valence-corrected chi connectivity index (χ3v) is 6.43. The van der Waals surface area contributed by atoms with Crippen LogP contribution in [-0.4, -0.2) is 66.4 Å². The van der Waals surface area contributed by atoms with E-state index in [1.165, 1.54) is 0 Å². The zero-order valence-electron chi connectivity index (χ0n) is 14.9. The van der Waals surface area contributed by atoms with Gasteiger partial charge in [0, 0.05) is 51.3 Å². The summed E-state index contributed by atoms with van der Waals surface area (Å²) >= 11 is 0. The molecule has 2 saturated heterocycles. The fraction of sp³-hybridized carbons (Fsp3) is 0.684. The molecule has 6 nitrogen and oxygen atoms in total. The van der Waals surface area contributed by atoms with Crippen molar-refractivity contribution in [1.82, 2.24) is 9.88 Å². The standard InChI is InChI=1S/C19H27N3O3/c1-25-16-13-15(23)19(16)6-11-21(12-7-19)17-14(5-4-8-20-17)18(24)22-9-2-3-10-22/h4-5,8,15-16,23H,2-3,6-7,9-13H2,1H3/t15-,16+/m1/s1. The number of aliphatic hydroxyl groups is 1. The summed E-state index contributed by atoms with van der Waals surface area (Å²) in [5.41, 5.74) is 0.594. The number of carbonyl (C=O) groups is 1. The lowest BCUT2D eigenvalue weighted by molar-refractivity contribution is -0.190. The second-order valence-corrected chi connectivity index (χ2v) is 7.57. The highest BCUT2D eigenvalue weighted by molar-refractivity contribution is 5.99. The van der Waals surface area contributed by atoms with Gasteiger partial charge in [-0.2, -0.15) is 0 Å². The van der Waals surface area contributed by atoms with Gasteiger partial charge in [0.15, 0.2) is 0 Å². The highest BCUT2D eigenvalue weighted by Gasteiger charge is 2.56. The van der Waals surface area contributed by atoms with E-state index in [0.717, 1.165) is 64.1 Å². The number of carbonyl (C=O) groups excluding carboxylic acids is 1. The Bertz CT molecular complexity index is 637. The van der Waals surface area contributed by atoms with Gasteiger partial charge >= 0.3 is 0 Å². The van der Waals surface area contributed by atoms with Gasteiger partial charge in [-0.05, 0) is 37.8 Å². The average molecular weight is 345 g/mol. The van der Waals surface area contributed by atoms with Crippen LogP contribution in [0.1, 0.15) is 42.5 Å². The Hall–Kier alpha value is -1.66. The molecule has 2 atom stereocenters. The molecule has 0 unspecified atom stereocenters. The summed E-state index contributed by atoms with van der Waals surface area (Å²) in [6, 6.07) is 3.73. The number of anilines is 1. The third kappa shape index (κ3) is 2.72. The first kappa shape index (κ1) is 16.8. The number of aromatic nitrogens is 1. The number of amides is 1. The number of hydrogen-bond acceptors (Lipinski definition) is 5. The Balaban J connectivity index is 1.51. The number of pyridine rings is 1. The predicted molar refractivity (Wildman–Crippen MR) is 94.7 cm³/mol. The monoisotopic (exact) mass is 345 g/mol. The normalized spacial score (nSPS) is 28.2. The first-order valence-electron chi connectivity index (χ1n) is 9.36. The van der Waals surface area contributed by atoms with E-state index in [0.29, 0.717) is 5.56 Å². The largest absolute Gasteiger partial charge is 0.392 e. The molecular weight excluding hydrogens is 318 g/mol. The highest BCUT2D eigenvalue weighted by Crippen LogP contribution is 2.51. The van der Waals surface area contributed by atoms with E-state index in [9.17, 15) is 9.90 Å². The molecule has 0 aromatic carbocycles. The minimum absolute atomic E-state index is 0.0966. The lowest BCUT2D eigenvalue weighted by Crippen LogP contribution is -2.62. The lowest BCUT2D eigenvalue weighted by atomic mass is 9.58. The molecule has 1 aromatic heterocycles. The van der Waals surface area contributed by atoms with Crippen molar-refractivity contribution in [1.29, 1.82) is 0 Å². The van der Waals surface area contributed by atoms with Crippen molar-refractivity contribution < 1.29 is 14.6 Å². The number of ether oxygens (including phenoxy) is 1. The van der Waals surface area contributed by atoms with Gasteiger partial charge in [0.05, 0.1) is 17.8 Å². The Kier molecular flexibility index (Phi) is 4.41. The molecule has 2 aliphatic heterocycles. The number of nitrogens with zero attached hydrogens (tertiary/aromatic N) is 3. The van der Waals surface area contributed by atoms with E-state index >= 15 is 0 Å². The van der Waals surface area contributed by atoms with Gasteiger partial charge in [0.1, 0.15) is 5.82 Å². The fourth-order valence-corrected chi connectivity index (χ4v) is 4.75. The minimum Gasteiger partial charge on any atom is -0.392 e. The van der Waals surface area contributed by atoms with Crippen molar-refractivity contribution in [3.8, 4) is 0 Å². The van der Waals surface area contributed by atoms with Gasteiger partial charge in [0.25, 0.3) is 5.91 Å². The number of hydrogen-bond donors (Lipinski definition) is 1. The number of aliphatic hydroxyl groups excluding tert-OH is 1. The molecule has 1 aromatic rings. The van der Waals surface area contributed by atoms with Crippen molar-refractivity contribution in [2.24, 2.45) is 5.41 Å². The van der Waals surface area contributed by atoms with Gasteiger partial charge in [-0.1, -0.05) is 0 Å². The van der Waals surface area contributed by atoms with Crippen molar-refractivity contribution in [2.45, 2.75) is 44.3 Å². The topological polar surface area (TPSA) is 65.9 Å². The molecule has 1 saturated carbocycles. The quantitative estimate of drug-likeness (QED) is 0.903. The van der Waals surface area contributed by atoms with Crippen molar-refractivity contribution in [2.75, 3.05) is 38.2 Å². The van der Waals surface area contributed by atoms with Crippen molar-refractivity contribution in [3.63, 3.8) is 0 Å². The number of likely N-dealkylation sites (tertiary alicyclic amines) is 1. The second kappa shape index (κ2) is 6.57. The van der Waals surface area contributed by atoms with Crippen LogP contribution in [0.25, 0.3) is 0 Å².